The summed E-state index contributed by atoms with van der Waals surface area (Å²) in [7, 11) is 0. The first-order valence-corrected chi connectivity index (χ1v) is 6.44. The van der Waals surface area contributed by atoms with E-state index in [-0.39, 0.29) is 5.54 Å². The Morgan fingerprint density at radius 2 is 2.29 bits per heavy atom. The molecular weight excluding hydrogens is 210 g/mol. The molecule has 0 unspecified atom stereocenters. The molecule has 1 aliphatic rings. The molecule has 1 saturated carbocycles. The average Bonchev–Trinajstić information content (AvgIpc) is 2.94. The monoisotopic (exact) mass is 229 g/mol. The van der Waals surface area contributed by atoms with Crippen molar-refractivity contribution >= 4 is 5.52 Å². The van der Waals surface area contributed by atoms with Gasteiger partial charge in [0.25, 0.3) is 0 Å². The van der Waals surface area contributed by atoms with E-state index in [1.807, 2.05) is 6.20 Å². The summed E-state index contributed by atoms with van der Waals surface area (Å²) in [6.07, 6.45) is 9.64. The van der Waals surface area contributed by atoms with Crippen LogP contribution in [0.15, 0.2) is 24.5 Å². The number of hydrogen-bond acceptors (Lipinski definition) is 2. The highest BCUT2D eigenvalue weighted by Gasteiger charge is 2.37. The van der Waals surface area contributed by atoms with Crippen LogP contribution in [0.1, 0.15) is 37.6 Å². The molecule has 17 heavy (non-hydrogen) atoms. The summed E-state index contributed by atoms with van der Waals surface area (Å²) in [6, 6.07) is 4.43. The van der Waals surface area contributed by atoms with Gasteiger partial charge in [-0.25, -0.2) is 4.98 Å². The van der Waals surface area contributed by atoms with Crippen LogP contribution < -0.4 is 5.73 Å². The SMILES string of the molecule is CCc1ncc2cc(CCC3(N)CC3)ccn12. The second kappa shape index (κ2) is 3.84. The first-order valence-electron chi connectivity index (χ1n) is 6.44. The fourth-order valence-electron chi connectivity index (χ4n) is 2.32. The molecule has 90 valence electrons. The van der Waals surface area contributed by atoms with Crippen LogP contribution in [0.25, 0.3) is 5.52 Å². The van der Waals surface area contributed by atoms with Crippen molar-refractivity contribution in [2.45, 2.75) is 44.6 Å². The lowest BCUT2D eigenvalue weighted by molar-refractivity contribution is 0.609. The number of hydrogen-bond donors (Lipinski definition) is 1. The largest absolute Gasteiger partial charge is 0.325 e. The van der Waals surface area contributed by atoms with E-state index in [2.05, 4.69) is 34.6 Å². The molecule has 0 bridgehead atoms. The molecule has 0 spiro atoms. The second-order valence-electron chi connectivity index (χ2n) is 5.22. The highest BCUT2D eigenvalue weighted by atomic mass is 15.0. The highest BCUT2D eigenvalue weighted by molar-refractivity contribution is 5.48. The van der Waals surface area contributed by atoms with Gasteiger partial charge in [-0.2, -0.15) is 0 Å². The Kier molecular flexibility index (Phi) is 2.44. The predicted octanol–water partition coefficient (Wildman–Crippen LogP) is 2.32. The number of aromatic nitrogens is 2. The number of pyridine rings is 1. The Hall–Kier alpha value is -1.35. The van der Waals surface area contributed by atoms with E-state index < -0.39 is 0 Å². The lowest BCUT2D eigenvalue weighted by atomic mass is 10.1. The fourth-order valence-corrected chi connectivity index (χ4v) is 2.32. The molecular formula is C14H19N3. The number of imidazole rings is 1. The molecule has 2 N–H and O–H groups in total. The molecule has 2 aromatic rings. The van der Waals surface area contributed by atoms with E-state index in [1.165, 1.54) is 23.9 Å². The summed E-state index contributed by atoms with van der Waals surface area (Å²) in [6.45, 7) is 2.13. The quantitative estimate of drug-likeness (QED) is 0.874. The fraction of sp³-hybridized carbons (Fsp3) is 0.500. The Bertz CT molecular complexity index is 537. The average molecular weight is 229 g/mol. The zero-order valence-electron chi connectivity index (χ0n) is 10.3. The van der Waals surface area contributed by atoms with Crippen LogP contribution in [0, 0.1) is 0 Å². The summed E-state index contributed by atoms with van der Waals surface area (Å²) >= 11 is 0. The molecule has 0 aliphatic heterocycles. The van der Waals surface area contributed by atoms with Gasteiger partial charge < -0.3 is 10.1 Å². The minimum atomic E-state index is 0.154. The molecule has 0 radical (unpaired) electrons. The van der Waals surface area contributed by atoms with Crippen molar-refractivity contribution in [2.75, 3.05) is 0 Å². The normalized spacial score (nSPS) is 17.5. The highest BCUT2D eigenvalue weighted by Crippen LogP contribution is 2.36. The van der Waals surface area contributed by atoms with E-state index in [1.54, 1.807) is 0 Å². The third-order valence-corrected chi connectivity index (χ3v) is 3.79. The van der Waals surface area contributed by atoms with Crippen LogP contribution in [0.4, 0.5) is 0 Å². The van der Waals surface area contributed by atoms with Crippen LogP contribution in [0.5, 0.6) is 0 Å². The topological polar surface area (TPSA) is 43.3 Å². The number of nitrogens with two attached hydrogens (primary N) is 1. The summed E-state index contributed by atoms with van der Waals surface area (Å²) in [5, 5.41) is 0. The summed E-state index contributed by atoms with van der Waals surface area (Å²) in [5.41, 5.74) is 8.84. The summed E-state index contributed by atoms with van der Waals surface area (Å²) in [5.74, 6) is 1.13. The third kappa shape index (κ3) is 2.07. The molecule has 3 heteroatoms. The molecule has 0 amide bonds. The number of aryl methyl sites for hydroxylation is 2. The van der Waals surface area contributed by atoms with Gasteiger partial charge >= 0.3 is 0 Å². The van der Waals surface area contributed by atoms with Crippen molar-refractivity contribution in [3.63, 3.8) is 0 Å². The van der Waals surface area contributed by atoms with E-state index in [4.69, 9.17) is 5.73 Å². The number of fused-ring (bicyclic) bond motifs is 1. The standard InChI is InChI=1S/C14H19N3/c1-2-13-16-10-12-9-11(4-8-17(12)13)3-5-14(15)6-7-14/h4,8-10H,2-3,5-7,15H2,1H3. The lowest BCUT2D eigenvalue weighted by Crippen LogP contribution is -2.22. The van der Waals surface area contributed by atoms with Crippen LogP contribution in [0.2, 0.25) is 0 Å². The second-order valence-corrected chi connectivity index (χ2v) is 5.22. The molecule has 0 atom stereocenters. The Labute approximate surface area is 102 Å². The van der Waals surface area contributed by atoms with Crippen molar-refractivity contribution in [1.82, 2.24) is 9.38 Å². The van der Waals surface area contributed by atoms with Gasteiger partial charge in [0.2, 0.25) is 0 Å². The first kappa shape index (κ1) is 10.8. The van der Waals surface area contributed by atoms with Crippen molar-refractivity contribution in [3.05, 3.63) is 35.9 Å². The van der Waals surface area contributed by atoms with Gasteiger partial charge in [-0.15, -0.1) is 0 Å². The Morgan fingerprint density at radius 3 is 3.00 bits per heavy atom. The van der Waals surface area contributed by atoms with Gasteiger partial charge in [-0.1, -0.05) is 6.92 Å². The maximum Gasteiger partial charge on any atom is 0.112 e. The van der Waals surface area contributed by atoms with Crippen LogP contribution >= 0.6 is 0 Å². The van der Waals surface area contributed by atoms with Gasteiger partial charge in [-0.3, -0.25) is 0 Å². The molecule has 1 aliphatic carbocycles. The van der Waals surface area contributed by atoms with Gasteiger partial charge in [0.15, 0.2) is 0 Å². The minimum Gasteiger partial charge on any atom is -0.325 e. The Balaban J connectivity index is 1.81. The van der Waals surface area contributed by atoms with Gasteiger partial charge in [0.05, 0.1) is 11.7 Å². The van der Waals surface area contributed by atoms with E-state index >= 15 is 0 Å². The molecule has 3 nitrogen and oxygen atoms in total. The zero-order chi connectivity index (χ0) is 11.9. The minimum absolute atomic E-state index is 0.154. The zero-order valence-corrected chi connectivity index (χ0v) is 10.3. The molecule has 2 aromatic heterocycles. The van der Waals surface area contributed by atoms with Gasteiger partial charge in [-0.05, 0) is 43.4 Å². The molecule has 0 aromatic carbocycles. The van der Waals surface area contributed by atoms with E-state index in [0.29, 0.717) is 0 Å². The van der Waals surface area contributed by atoms with Crippen LogP contribution in [0.3, 0.4) is 0 Å². The molecule has 0 saturated heterocycles. The maximum atomic E-state index is 6.12. The van der Waals surface area contributed by atoms with Crippen molar-refractivity contribution in [3.8, 4) is 0 Å². The Morgan fingerprint density at radius 1 is 1.47 bits per heavy atom. The summed E-state index contributed by atoms with van der Waals surface area (Å²) < 4.78 is 2.17. The third-order valence-electron chi connectivity index (χ3n) is 3.79. The van der Waals surface area contributed by atoms with Gasteiger partial charge in [0, 0.05) is 18.2 Å². The molecule has 2 heterocycles. The van der Waals surface area contributed by atoms with Crippen molar-refractivity contribution < 1.29 is 0 Å². The lowest BCUT2D eigenvalue weighted by Gasteiger charge is -2.08. The maximum absolute atomic E-state index is 6.12. The number of nitrogens with zero attached hydrogens (tertiary/aromatic N) is 2. The first-order chi connectivity index (χ1) is 8.20. The molecule has 1 fully saturated rings. The predicted molar refractivity (Wildman–Crippen MR) is 69.0 cm³/mol. The smallest absolute Gasteiger partial charge is 0.112 e. The van der Waals surface area contributed by atoms with Gasteiger partial charge in [0.1, 0.15) is 5.82 Å². The summed E-state index contributed by atoms with van der Waals surface area (Å²) in [4.78, 5) is 4.41. The number of rotatable bonds is 4. The van der Waals surface area contributed by atoms with E-state index in [9.17, 15) is 0 Å². The molecule has 3 rings (SSSR count). The van der Waals surface area contributed by atoms with Crippen LogP contribution in [-0.4, -0.2) is 14.9 Å². The van der Waals surface area contributed by atoms with E-state index in [0.717, 1.165) is 25.1 Å². The van der Waals surface area contributed by atoms with Crippen LogP contribution in [-0.2, 0) is 12.8 Å². The van der Waals surface area contributed by atoms with Crippen molar-refractivity contribution in [2.24, 2.45) is 5.73 Å². The van der Waals surface area contributed by atoms with Crippen molar-refractivity contribution in [1.29, 1.82) is 0 Å².